The number of primary amides is 1. The van der Waals surface area contributed by atoms with Gasteiger partial charge in [0.2, 0.25) is 5.91 Å². The van der Waals surface area contributed by atoms with Crippen molar-refractivity contribution in [3.8, 4) is 0 Å². The molecule has 3 rings (SSSR count). The van der Waals surface area contributed by atoms with E-state index >= 15 is 0 Å². The summed E-state index contributed by atoms with van der Waals surface area (Å²) in [5.41, 5.74) is 3.76. The number of hydrogen-bond donors (Lipinski definition) is 3. The molecule has 0 bridgehead atoms. The summed E-state index contributed by atoms with van der Waals surface area (Å²) in [6.45, 7) is 0. The molecular weight excluding hydrogens is 367 g/mol. The zero-order valence-corrected chi connectivity index (χ0v) is 14.2. The fraction of sp³-hybridized carbons (Fsp3) is 0.118. The first-order valence-electron chi connectivity index (χ1n) is 7.19. The average molecular weight is 379 g/mol. The van der Waals surface area contributed by atoms with Gasteiger partial charge in [-0.2, -0.15) is 0 Å². The third-order valence-corrected chi connectivity index (χ3v) is 4.67. The van der Waals surface area contributed by atoms with Gasteiger partial charge in [0.25, 0.3) is 5.91 Å². The van der Waals surface area contributed by atoms with Crippen molar-refractivity contribution in [2.45, 2.75) is 12.0 Å². The number of carbonyl (C=O) groups is 3. The normalized spacial score (nSPS) is 18.6. The monoisotopic (exact) mass is 378 g/mol. The zero-order valence-electron chi connectivity index (χ0n) is 12.7. The smallest absolute Gasteiger partial charge is 0.261 e. The van der Waals surface area contributed by atoms with Crippen LogP contribution in [0.4, 0.5) is 5.69 Å². The number of rotatable bonds is 4. The van der Waals surface area contributed by atoms with Crippen molar-refractivity contribution in [1.82, 2.24) is 0 Å². The Bertz CT molecular complexity index is 912. The van der Waals surface area contributed by atoms with Crippen LogP contribution in [0, 0.1) is 0 Å². The molecule has 1 heterocycles. The van der Waals surface area contributed by atoms with Crippen molar-refractivity contribution in [3.63, 3.8) is 0 Å². The largest absolute Gasteiger partial charge is 0.375 e. The van der Waals surface area contributed by atoms with E-state index in [1.807, 2.05) is 0 Å². The molecule has 0 aromatic heterocycles. The second-order valence-corrected chi connectivity index (χ2v) is 6.45. The van der Waals surface area contributed by atoms with Gasteiger partial charge < -0.3 is 16.2 Å². The van der Waals surface area contributed by atoms with Gasteiger partial charge in [0.1, 0.15) is 0 Å². The van der Waals surface area contributed by atoms with Crippen molar-refractivity contribution in [2.75, 3.05) is 5.32 Å². The van der Waals surface area contributed by atoms with Crippen LogP contribution in [-0.2, 0) is 10.4 Å². The Morgan fingerprint density at radius 2 is 1.60 bits per heavy atom. The maximum Gasteiger partial charge on any atom is 0.261 e. The van der Waals surface area contributed by atoms with Gasteiger partial charge in [0.05, 0.1) is 17.1 Å². The Morgan fingerprint density at radius 1 is 1.04 bits per heavy atom. The molecular formula is C17H12Cl2N2O4. The van der Waals surface area contributed by atoms with Crippen LogP contribution >= 0.6 is 23.2 Å². The fourth-order valence-electron chi connectivity index (χ4n) is 2.73. The Labute approximate surface area is 152 Å². The molecule has 0 saturated heterocycles. The number of anilines is 1. The highest BCUT2D eigenvalue weighted by Crippen LogP contribution is 2.46. The van der Waals surface area contributed by atoms with Crippen molar-refractivity contribution in [3.05, 3.63) is 63.1 Å². The number of hydrogen-bond acceptors (Lipinski definition) is 4. The Morgan fingerprint density at radius 3 is 2.20 bits per heavy atom. The molecule has 0 radical (unpaired) electrons. The molecule has 0 saturated carbocycles. The first-order chi connectivity index (χ1) is 11.7. The molecule has 2 aromatic rings. The average Bonchev–Trinajstić information content (AvgIpc) is 2.83. The van der Waals surface area contributed by atoms with Crippen molar-refractivity contribution < 1.29 is 19.5 Å². The van der Waals surface area contributed by atoms with Gasteiger partial charge in [-0.05, 0) is 24.3 Å². The molecule has 6 nitrogen and oxygen atoms in total. The number of nitrogens with one attached hydrogen (secondary N) is 1. The summed E-state index contributed by atoms with van der Waals surface area (Å²) in [7, 11) is 0. The van der Waals surface area contributed by atoms with E-state index in [0.29, 0.717) is 0 Å². The number of amides is 2. The van der Waals surface area contributed by atoms with E-state index in [1.54, 1.807) is 0 Å². The summed E-state index contributed by atoms with van der Waals surface area (Å²) < 4.78 is 0. The van der Waals surface area contributed by atoms with Gasteiger partial charge in [0.15, 0.2) is 11.4 Å². The number of aliphatic hydroxyl groups is 1. The Hall–Kier alpha value is -2.41. The summed E-state index contributed by atoms with van der Waals surface area (Å²) in [6.07, 6.45) is -0.526. The van der Waals surface area contributed by atoms with Crippen LogP contribution in [0.25, 0.3) is 0 Å². The highest BCUT2D eigenvalue weighted by Gasteiger charge is 2.49. The second kappa shape index (κ2) is 6.15. The van der Waals surface area contributed by atoms with Crippen LogP contribution in [0.3, 0.4) is 0 Å². The minimum Gasteiger partial charge on any atom is -0.375 e. The Balaban J connectivity index is 1.95. The van der Waals surface area contributed by atoms with E-state index in [4.69, 9.17) is 28.9 Å². The summed E-state index contributed by atoms with van der Waals surface area (Å²) in [5.74, 6) is -1.90. The van der Waals surface area contributed by atoms with Gasteiger partial charge in [-0.25, -0.2) is 0 Å². The fourth-order valence-corrected chi connectivity index (χ4v) is 3.25. The maximum atomic E-state index is 12.5. The van der Waals surface area contributed by atoms with Crippen LogP contribution in [0.15, 0.2) is 36.4 Å². The standard InChI is InChI=1S/C17H12Cl2N2O4/c18-10-5-6-11(19)14-13(10)17(25,16(24)21-14)7-12(22)8-1-3-9(4-2-8)15(20)23/h1-6,25H,7H2,(H2,20,23)(H,21,24)/t17-/m1/s1. The molecule has 0 fully saturated rings. The number of nitrogens with two attached hydrogens (primary N) is 1. The molecule has 1 aliphatic heterocycles. The number of halogens is 2. The van der Waals surface area contributed by atoms with Crippen molar-refractivity contribution in [1.29, 1.82) is 0 Å². The van der Waals surface area contributed by atoms with Crippen LogP contribution in [0.5, 0.6) is 0 Å². The lowest BCUT2D eigenvalue weighted by molar-refractivity contribution is -0.133. The lowest BCUT2D eigenvalue weighted by Crippen LogP contribution is -2.36. The molecule has 0 unspecified atom stereocenters. The second-order valence-electron chi connectivity index (χ2n) is 5.64. The van der Waals surface area contributed by atoms with E-state index in [2.05, 4.69) is 5.32 Å². The van der Waals surface area contributed by atoms with Crippen molar-refractivity contribution >= 4 is 46.5 Å². The Kier molecular flexibility index (Phi) is 4.28. The van der Waals surface area contributed by atoms with Crippen LogP contribution in [0.2, 0.25) is 10.0 Å². The van der Waals surface area contributed by atoms with Gasteiger partial charge in [-0.1, -0.05) is 35.3 Å². The molecule has 0 spiro atoms. The molecule has 1 atom stereocenters. The molecule has 1 aliphatic rings. The predicted molar refractivity (Wildman–Crippen MR) is 92.9 cm³/mol. The number of carbonyl (C=O) groups excluding carboxylic acids is 3. The summed E-state index contributed by atoms with van der Waals surface area (Å²) in [6, 6.07) is 8.52. The highest BCUT2D eigenvalue weighted by atomic mass is 35.5. The van der Waals surface area contributed by atoms with E-state index < -0.39 is 29.6 Å². The van der Waals surface area contributed by atoms with Crippen LogP contribution in [0.1, 0.15) is 32.7 Å². The zero-order chi connectivity index (χ0) is 18.4. The van der Waals surface area contributed by atoms with Crippen LogP contribution < -0.4 is 11.1 Å². The highest BCUT2D eigenvalue weighted by molar-refractivity contribution is 6.38. The lowest BCUT2D eigenvalue weighted by Gasteiger charge is -2.21. The topological polar surface area (TPSA) is 109 Å². The van der Waals surface area contributed by atoms with Gasteiger partial charge in [-0.3, -0.25) is 14.4 Å². The molecule has 8 heteroatoms. The predicted octanol–water partition coefficient (Wildman–Crippen LogP) is 2.51. The molecule has 128 valence electrons. The van der Waals surface area contributed by atoms with Crippen molar-refractivity contribution in [2.24, 2.45) is 5.73 Å². The van der Waals surface area contributed by atoms with E-state index in [-0.39, 0.29) is 32.4 Å². The molecule has 2 amide bonds. The molecule has 2 aromatic carbocycles. The third-order valence-electron chi connectivity index (χ3n) is 4.04. The van der Waals surface area contributed by atoms with E-state index in [0.717, 1.165) is 0 Å². The minimum absolute atomic E-state index is 0.0776. The molecule has 4 N–H and O–H groups in total. The maximum absolute atomic E-state index is 12.5. The van der Waals surface area contributed by atoms with Gasteiger partial charge in [-0.15, -0.1) is 0 Å². The molecule has 25 heavy (non-hydrogen) atoms. The first kappa shape index (κ1) is 17.4. The lowest BCUT2D eigenvalue weighted by atomic mass is 9.88. The summed E-state index contributed by atoms with van der Waals surface area (Å²) in [5, 5.41) is 13.6. The summed E-state index contributed by atoms with van der Waals surface area (Å²) in [4.78, 5) is 35.9. The van der Waals surface area contributed by atoms with E-state index in [9.17, 15) is 19.5 Å². The van der Waals surface area contributed by atoms with E-state index in [1.165, 1.54) is 36.4 Å². The van der Waals surface area contributed by atoms with Gasteiger partial charge >= 0.3 is 0 Å². The van der Waals surface area contributed by atoms with Crippen LogP contribution in [-0.4, -0.2) is 22.7 Å². The summed E-state index contributed by atoms with van der Waals surface area (Å²) >= 11 is 12.1. The number of fused-ring (bicyclic) bond motifs is 1. The minimum atomic E-state index is -2.13. The number of benzene rings is 2. The number of Topliss-reactive ketones (excluding diaryl/α,β-unsaturated/α-hetero) is 1. The first-order valence-corrected chi connectivity index (χ1v) is 7.95. The number of ketones is 1. The quantitative estimate of drug-likeness (QED) is 0.709. The SMILES string of the molecule is NC(=O)c1ccc(C(=O)C[C@]2(O)C(=O)Nc3c(Cl)ccc(Cl)c32)cc1. The molecule has 0 aliphatic carbocycles. The van der Waals surface area contributed by atoms with Gasteiger partial charge in [0, 0.05) is 21.7 Å². The third kappa shape index (κ3) is 2.89.